The molecule has 0 unspecified atom stereocenters. The summed E-state index contributed by atoms with van der Waals surface area (Å²) in [6, 6.07) is 6.53. The molecule has 3 saturated heterocycles. The van der Waals surface area contributed by atoms with Crippen LogP contribution in [-0.2, 0) is 10.3 Å². The van der Waals surface area contributed by atoms with Crippen LogP contribution < -0.4 is 9.80 Å². The SMILES string of the molecule is C[C@@H]1CN(C2COC2)CCN1c1nnc(-c2cnn3ccc(N4CC[C@H]5C[C@]54c4cc(F)ccc4F)nc23)s1. The molecule has 3 aromatic heterocycles. The predicted octanol–water partition coefficient (Wildman–Crippen LogP) is 3.56. The van der Waals surface area contributed by atoms with Crippen LogP contribution in [-0.4, -0.2) is 81.2 Å². The van der Waals surface area contributed by atoms with Gasteiger partial charge in [0.05, 0.1) is 36.6 Å². The van der Waals surface area contributed by atoms with E-state index in [1.54, 1.807) is 22.0 Å². The Bertz CT molecular complexity index is 1570. The normalized spacial score (nSPS) is 27.3. The molecular weight excluding hydrogens is 522 g/mol. The average molecular weight is 551 g/mol. The maximum Gasteiger partial charge on any atom is 0.208 e. The third-order valence-electron chi connectivity index (χ3n) is 8.97. The van der Waals surface area contributed by atoms with E-state index >= 15 is 0 Å². The lowest BCUT2D eigenvalue weighted by Crippen LogP contribution is -2.59. The molecule has 3 atom stereocenters. The Labute approximate surface area is 228 Å². The molecule has 12 heteroatoms. The molecule has 1 saturated carbocycles. The maximum atomic E-state index is 14.9. The smallest absolute Gasteiger partial charge is 0.208 e. The van der Waals surface area contributed by atoms with Gasteiger partial charge in [-0.05, 0) is 49.9 Å². The minimum absolute atomic E-state index is 0.293. The highest BCUT2D eigenvalue weighted by molar-refractivity contribution is 7.18. The van der Waals surface area contributed by atoms with E-state index in [0.29, 0.717) is 29.2 Å². The Balaban J connectivity index is 1.09. The van der Waals surface area contributed by atoms with Gasteiger partial charge >= 0.3 is 0 Å². The molecule has 0 bridgehead atoms. The van der Waals surface area contributed by atoms with Gasteiger partial charge in [0.2, 0.25) is 5.13 Å². The molecule has 0 radical (unpaired) electrons. The van der Waals surface area contributed by atoms with Crippen molar-refractivity contribution in [2.24, 2.45) is 5.92 Å². The molecule has 9 nitrogen and oxygen atoms in total. The summed E-state index contributed by atoms with van der Waals surface area (Å²) in [5, 5.41) is 15.2. The second-order valence-electron chi connectivity index (χ2n) is 11.1. The van der Waals surface area contributed by atoms with E-state index in [1.165, 1.54) is 18.2 Å². The first-order valence-corrected chi connectivity index (χ1v) is 14.3. The molecule has 4 aliphatic rings. The van der Waals surface area contributed by atoms with Gasteiger partial charge in [-0.1, -0.05) is 11.3 Å². The van der Waals surface area contributed by atoms with Gasteiger partial charge in [-0.3, -0.25) is 4.90 Å². The maximum absolute atomic E-state index is 14.9. The summed E-state index contributed by atoms with van der Waals surface area (Å²) < 4.78 is 36.1. The summed E-state index contributed by atoms with van der Waals surface area (Å²) in [5.41, 5.74) is 1.37. The van der Waals surface area contributed by atoms with Gasteiger partial charge in [-0.25, -0.2) is 18.3 Å². The van der Waals surface area contributed by atoms with Gasteiger partial charge in [0.15, 0.2) is 10.7 Å². The molecule has 202 valence electrons. The van der Waals surface area contributed by atoms with Crippen molar-refractivity contribution in [2.75, 3.05) is 49.2 Å². The minimum atomic E-state index is -0.544. The summed E-state index contributed by atoms with van der Waals surface area (Å²) >= 11 is 1.55. The van der Waals surface area contributed by atoms with Crippen molar-refractivity contribution in [2.45, 2.75) is 37.4 Å². The summed E-state index contributed by atoms with van der Waals surface area (Å²) in [5.74, 6) is 0.248. The van der Waals surface area contributed by atoms with E-state index in [0.717, 1.165) is 73.8 Å². The molecule has 1 aliphatic carbocycles. The van der Waals surface area contributed by atoms with E-state index < -0.39 is 11.4 Å². The third-order valence-corrected chi connectivity index (χ3v) is 9.96. The van der Waals surface area contributed by atoms with E-state index in [2.05, 4.69) is 36.9 Å². The van der Waals surface area contributed by atoms with Crippen molar-refractivity contribution in [3.63, 3.8) is 0 Å². The van der Waals surface area contributed by atoms with Crippen LogP contribution in [0.1, 0.15) is 25.3 Å². The number of piperidine rings is 1. The number of ether oxygens (including phenoxy) is 1. The van der Waals surface area contributed by atoms with Crippen LogP contribution in [0.4, 0.5) is 19.7 Å². The fraction of sp³-hybridized carbons (Fsp3) is 0.481. The van der Waals surface area contributed by atoms with Crippen molar-refractivity contribution >= 4 is 27.9 Å². The highest BCUT2D eigenvalue weighted by atomic mass is 32.1. The lowest BCUT2D eigenvalue weighted by Gasteiger charge is -2.45. The zero-order valence-electron chi connectivity index (χ0n) is 21.5. The van der Waals surface area contributed by atoms with Crippen LogP contribution in [0.2, 0.25) is 0 Å². The van der Waals surface area contributed by atoms with Crippen LogP contribution in [0.3, 0.4) is 0 Å². The van der Waals surface area contributed by atoms with Crippen molar-refractivity contribution in [3.8, 4) is 10.6 Å². The van der Waals surface area contributed by atoms with E-state index in [9.17, 15) is 8.78 Å². The van der Waals surface area contributed by atoms with Crippen molar-refractivity contribution in [1.82, 2.24) is 29.7 Å². The van der Waals surface area contributed by atoms with Crippen LogP contribution in [0.25, 0.3) is 16.2 Å². The number of aromatic nitrogens is 5. The molecule has 1 aromatic carbocycles. The molecule has 4 aromatic rings. The molecule has 39 heavy (non-hydrogen) atoms. The Morgan fingerprint density at radius 1 is 1.10 bits per heavy atom. The van der Waals surface area contributed by atoms with Gasteiger partial charge in [-0.15, -0.1) is 10.2 Å². The van der Waals surface area contributed by atoms with E-state index in [1.807, 2.05) is 12.3 Å². The van der Waals surface area contributed by atoms with Crippen LogP contribution in [0, 0.1) is 17.6 Å². The van der Waals surface area contributed by atoms with Gasteiger partial charge in [0.1, 0.15) is 17.5 Å². The highest BCUT2D eigenvalue weighted by Gasteiger charge is 2.64. The predicted molar refractivity (Wildman–Crippen MR) is 143 cm³/mol. The molecule has 0 spiro atoms. The zero-order chi connectivity index (χ0) is 26.3. The quantitative estimate of drug-likeness (QED) is 0.374. The Hall–Kier alpha value is -3.22. The second-order valence-corrected chi connectivity index (χ2v) is 12.1. The molecule has 4 fully saturated rings. The first-order valence-electron chi connectivity index (χ1n) is 13.5. The molecule has 0 N–H and O–H groups in total. The van der Waals surface area contributed by atoms with E-state index in [4.69, 9.17) is 9.72 Å². The molecule has 6 heterocycles. The minimum Gasteiger partial charge on any atom is -0.378 e. The number of rotatable bonds is 5. The third kappa shape index (κ3) is 3.61. The van der Waals surface area contributed by atoms with Crippen molar-refractivity contribution in [3.05, 3.63) is 53.9 Å². The Kier molecular flexibility index (Phi) is 5.24. The lowest BCUT2D eigenvalue weighted by atomic mass is 10.0. The van der Waals surface area contributed by atoms with Gasteiger partial charge in [0.25, 0.3) is 0 Å². The van der Waals surface area contributed by atoms with Gasteiger partial charge < -0.3 is 14.5 Å². The Morgan fingerprint density at radius 2 is 2.00 bits per heavy atom. The standard InChI is InChI=1S/C27H28F2N8OS/c1-16-13-34(19-14-38-15-19)8-9-35(16)26-33-32-25(39-26)20-12-30-37-7-5-23(31-24(20)37)36-6-4-17-11-27(17,36)21-10-18(28)2-3-22(21)29/h2-3,5,7,10,12,16-17,19H,4,6,8-9,11,13-15H2,1H3/t16-,17+,27-/m1/s1. The number of benzene rings is 1. The lowest BCUT2D eigenvalue weighted by molar-refractivity contribution is -0.0691. The van der Waals surface area contributed by atoms with Crippen molar-refractivity contribution in [1.29, 1.82) is 0 Å². The molecule has 8 rings (SSSR count). The number of hydrogen-bond donors (Lipinski definition) is 0. The first kappa shape index (κ1) is 23.6. The number of fused-ring (bicyclic) bond motifs is 2. The topological polar surface area (TPSA) is 74.9 Å². The van der Waals surface area contributed by atoms with E-state index in [-0.39, 0.29) is 5.82 Å². The summed E-state index contributed by atoms with van der Waals surface area (Å²) in [6.45, 7) is 7.50. The number of halogens is 2. The Morgan fingerprint density at radius 3 is 2.79 bits per heavy atom. The van der Waals surface area contributed by atoms with Gasteiger partial charge in [0, 0.05) is 44.0 Å². The number of piperazine rings is 1. The van der Waals surface area contributed by atoms with Gasteiger partial charge in [-0.2, -0.15) is 5.10 Å². The average Bonchev–Trinajstić information content (AvgIpc) is 3.24. The fourth-order valence-corrected chi connectivity index (χ4v) is 7.71. The van der Waals surface area contributed by atoms with Crippen LogP contribution >= 0.6 is 11.3 Å². The zero-order valence-corrected chi connectivity index (χ0v) is 22.3. The fourth-order valence-electron chi connectivity index (χ4n) is 6.73. The number of hydrogen-bond acceptors (Lipinski definition) is 9. The molecule has 0 amide bonds. The molecule has 3 aliphatic heterocycles. The second kappa shape index (κ2) is 8.64. The summed E-state index contributed by atoms with van der Waals surface area (Å²) in [6.07, 6.45) is 5.37. The summed E-state index contributed by atoms with van der Waals surface area (Å²) in [4.78, 5) is 12.0. The van der Waals surface area contributed by atoms with Crippen LogP contribution in [0.5, 0.6) is 0 Å². The largest absolute Gasteiger partial charge is 0.378 e. The van der Waals surface area contributed by atoms with Crippen molar-refractivity contribution < 1.29 is 13.5 Å². The number of nitrogens with zero attached hydrogens (tertiary/aromatic N) is 8. The van der Waals surface area contributed by atoms with Crippen LogP contribution in [0.15, 0.2) is 36.7 Å². The first-order chi connectivity index (χ1) is 19.0. The monoisotopic (exact) mass is 550 g/mol. The summed E-state index contributed by atoms with van der Waals surface area (Å²) in [7, 11) is 0. The number of anilines is 2. The highest BCUT2D eigenvalue weighted by Crippen LogP contribution is 2.63. The molecular formula is C27H28F2N8OS.